The summed E-state index contributed by atoms with van der Waals surface area (Å²) >= 11 is 0. The predicted octanol–water partition coefficient (Wildman–Crippen LogP) is 1.76. The van der Waals surface area contributed by atoms with Crippen LogP contribution in [0.15, 0.2) is 11.6 Å². The summed E-state index contributed by atoms with van der Waals surface area (Å²) in [4.78, 5) is 13.7. The molecule has 0 saturated carbocycles. The molecule has 0 aromatic carbocycles. The number of rotatable bonds is 1. The Hall–Kier alpha value is -0.630. The van der Waals surface area contributed by atoms with Crippen LogP contribution < -0.4 is 0 Å². The number of allylic oxidation sites excluding steroid dienone is 1. The van der Waals surface area contributed by atoms with E-state index >= 15 is 0 Å². The molecule has 1 atom stereocenters. The van der Waals surface area contributed by atoms with Gasteiger partial charge in [-0.3, -0.25) is 9.69 Å². The van der Waals surface area contributed by atoms with Crippen molar-refractivity contribution >= 4 is 5.78 Å². The Morgan fingerprint density at radius 3 is 3.15 bits per heavy atom. The van der Waals surface area contributed by atoms with E-state index in [1.807, 2.05) is 0 Å². The number of Topliss-reactive ketones (excluding diaryl/α,β-unsaturated/α-hetero) is 1. The van der Waals surface area contributed by atoms with Gasteiger partial charge in [-0.25, -0.2) is 0 Å². The number of piperidine rings is 1. The minimum atomic E-state index is 0.457. The fourth-order valence-corrected chi connectivity index (χ4v) is 2.42. The van der Waals surface area contributed by atoms with E-state index in [1.165, 1.54) is 0 Å². The van der Waals surface area contributed by atoms with E-state index in [9.17, 15) is 4.79 Å². The van der Waals surface area contributed by atoms with Crippen LogP contribution in [0.3, 0.4) is 0 Å². The van der Waals surface area contributed by atoms with E-state index < -0.39 is 0 Å². The SMILES string of the molecule is CCC=C1C[C@H]2CC(=O)CCN2C1. The van der Waals surface area contributed by atoms with Crippen LogP contribution in [0, 0.1) is 0 Å². The monoisotopic (exact) mass is 179 g/mol. The largest absolute Gasteiger partial charge is 0.300 e. The van der Waals surface area contributed by atoms with Crippen LogP contribution >= 0.6 is 0 Å². The molecule has 0 aromatic rings. The van der Waals surface area contributed by atoms with Crippen molar-refractivity contribution in [2.45, 2.75) is 38.6 Å². The number of carbonyl (C=O) groups excluding carboxylic acids is 1. The zero-order chi connectivity index (χ0) is 9.26. The first-order valence-corrected chi connectivity index (χ1v) is 5.23. The van der Waals surface area contributed by atoms with Crippen molar-refractivity contribution in [3.63, 3.8) is 0 Å². The zero-order valence-electron chi connectivity index (χ0n) is 8.25. The maximum absolute atomic E-state index is 11.2. The lowest BCUT2D eigenvalue weighted by molar-refractivity contribution is -0.122. The van der Waals surface area contributed by atoms with Crippen LogP contribution in [0.2, 0.25) is 0 Å². The molecule has 72 valence electrons. The first-order valence-electron chi connectivity index (χ1n) is 5.23. The normalized spacial score (nSPS) is 32.5. The molecule has 0 spiro atoms. The molecule has 2 aliphatic heterocycles. The lowest BCUT2D eigenvalue weighted by Crippen LogP contribution is -2.37. The number of hydrogen-bond acceptors (Lipinski definition) is 2. The average Bonchev–Trinajstić information content (AvgIpc) is 2.46. The molecule has 0 bridgehead atoms. The third-order valence-electron chi connectivity index (χ3n) is 3.05. The van der Waals surface area contributed by atoms with Crippen LogP contribution in [0.25, 0.3) is 0 Å². The van der Waals surface area contributed by atoms with E-state index in [1.54, 1.807) is 5.57 Å². The summed E-state index contributed by atoms with van der Waals surface area (Å²) < 4.78 is 0. The highest BCUT2D eigenvalue weighted by Gasteiger charge is 2.32. The summed E-state index contributed by atoms with van der Waals surface area (Å²) in [6.45, 7) is 4.28. The fraction of sp³-hybridized carbons (Fsp3) is 0.727. The van der Waals surface area contributed by atoms with Crippen LogP contribution in [0.5, 0.6) is 0 Å². The average molecular weight is 179 g/mol. The molecule has 0 aliphatic carbocycles. The molecule has 0 aromatic heterocycles. The highest BCUT2D eigenvalue weighted by atomic mass is 16.1. The van der Waals surface area contributed by atoms with E-state index in [4.69, 9.17) is 0 Å². The van der Waals surface area contributed by atoms with Gasteiger partial charge >= 0.3 is 0 Å². The third kappa shape index (κ3) is 1.83. The van der Waals surface area contributed by atoms with Gasteiger partial charge in [-0.15, -0.1) is 0 Å². The Bertz CT molecular complexity index is 244. The number of hydrogen-bond donors (Lipinski definition) is 0. The minimum Gasteiger partial charge on any atom is -0.300 e. The van der Waals surface area contributed by atoms with E-state index in [0.29, 0.717) is 11.8 Å². The number of carbonyl (C=O) groups is 1. The zero-order valence-corrected chi connectivity index (χ0v) is 8.25. The topological polar surface area (TPSA) is 20.3 Å². The van der Waals surface area contributed by atoms with Crippen molar-refractivity contribution in [3.05, 3.63) is 11.6 Å². The molecule has 0 N–H and O–H groups in total. The molecular formula is C11H17NO. The van der Waals surface area contributed by atoms with Crippen molar-refractivity contribution in [2.75, 3.05) is 13.1 Å². The summed E-state index contributed by atoms with van der Waals surface area (Å²) in [6.07, 6.45) is 6.16. The summed E-state index contributed by atoms with van der Waals surface area (Å²) in [5.74, 6) is 0.457. The number of ketones is 1. The maximum atomic E-state index is 11.2. The summed E-state index contributed by atoms with van der Waals surface area (Å²) in [6, 6.07) is 0.541. The Morgan fingerprint density at radius 1 is 1.54 bits per heavy atom. The van der Waals surface area contributed by atoms with Crippen molar-refractivity contribution in [2.24, 2.45) is 0 Å². The molecule has 2 rings (SSSR count). The van der Waals surface area contributed by atoms with Gasteiger partial charge in [0.05, 0.1) is 0 Å². The Morgan fingerprint density at radius 2 is 2.38 bits per heavy atom. The van der Waals surface area contributed by atoms with Crippen LogP contribution in [0.1, 0.15) is 32.6 Å². The second kappa shape index (κ2) is 3.62. The molecule has 2 heterocycles. The van der Waals surface area contributed by atoms with Gasteiger partial charge < -0.3 is 0 Å². The molecule has 2 nitrogen and oxygen atoms in total. The van der Waals surface area contributed by atoms with Crippen molar-refractivity contribution in [1.82, 2.24) is 4.90 Å². The standard InChI is InChI=1S/C11H17NO/c1-2-3-9-6-10-7-11(13)4-5-12(10)8-9/h3,10H,2,4-8H2,1H3/t10-/m0/s1. The van der Waals surface area contributed by atoms with Crippen LogP contribution in [-0.2, 0) is 4.79 Å². The molecule has 0 unspecified atom stereocenters. The highest BCUT2D eigenvalue weighted by Crippen LogP contribution is 2.28. The second-order valence-corrected chi connectivity index (χ2v) is 4.09. The lowest BCUT2D eigenvalue weighted by Gasteiger charge is -2.27. The van der Waals surface area contributed by atoms with Crippen molar-refractivity contribution in [3.8, 4) is 0 Å². The van der Waals surface area contributed by atoms with E-state index in [0.717, 1.165) is 38.8 Å². The Balaban J connectivity index is 2.02. The third-order valence-corrected chi connectivity index (χ3v) is 3.05. The molecular weight excluding hydrogens is 162 g/mol. The van der Waals surface area contributed by atoms with Gasteiger partial charge in [0, 0.05) is 32.0 Å². The second-order valence-electron chi connectivity index (χ2n) is 4.09. The Kier molecular flexibility index (Phi) is 2.49. The molecule has 2 saturated heterocycles. The summed E-state index contributed by atoms with van der Waals surface area (Å²) in [7, 11) is 0. The van der Waals surface area contributed by atoms with E-state index in [2.05, 4.69) is 17.9 Å². The first-order chi connectivity index (χ1) is 6.29. The molecule has 0 radical (unpaired) electrons. The maximum Gasteiger partial charge on any atom is 0.135 e. The molecule has 0 amide bonds. The van der Waals surface area contributed by atoms with Gasteiger partial charge in [0.2, 0.25) is 0 Å². The van der Waals surface area contributed by atoms with Gasteiger partial charge in [-0.2, -0.15) is 0 Å². The molecule has 2 aliphatic rings. The van der Waals surface area contributed by atoms with Crippen LogP contribution in [0.4, 0.5) is 0 Å². The van der Waals surface area contributed by atoms with Gasteiger partial charge in [0.1, 0.15) is 5.78 Å². The van der Waals surface area contributed by atoms with Gasteiger partial charge in [-0.05, 0) is 12.8 Å². The van der Waals surface area contributed by atoms with Gasteiger partial charge in [0.25, 0.3) is 0 Å². The molecule has 13 heavy (non-hydrogen) atoms. The van der Waals surface area contributed by atoms with E-state index in [-0.39, 0.29) is 0 Å². The lowest BCUT2D eigenvalue weighted by atomic mass is 10.0. The van der Waals surface area contributed by atoms with Crippen LogP contribution in [-0.4, -0.2) is 29.8 Å². The summed E-state index contributed by atoms with van der Waals surface area (Å²) in [5, 5.41) is 0. The minimum absolute atomic E-state index is 0.457. The highest BCUT2D eigenvalue weighted by molar-refractivity contribution is 5.80. The Labute approximate surface area is 79.6 Å². The molecule has 2 fully saturated rings. The smallest absolute Gasteiger partial charge is 0.135 e. The quantitative estimate of drug-likeness (QED) is 0.572. The predicted molar refractivity (Wildman–Crippen MR) is 52.6 cm³/mol. The first kappa shape index (κ1) is 8.95. The van der Waals surface area contributed by atoms with Crippen molar-refractivity contribution in [1.29, 1.82) is 0 Å². The molecule has 2 heteroatoms. The van der Waals surface area contributed by atoms with Crippen molar-refractivity contribution < 1.29 is 4.79 Å². The van der Waals surface area contributed by atoms with Gasteiger partial charge in [0.15, 0.2) is 0 Å². The number of fused-ring (bicyclic) bond motifs is 1. The van der Waals surface area contributed by atoms with Gasteiger partial charge in [-0.1, -0.05) is 18.6 Å². The fourth-order valence-electron chi connectivity index (χ4n) is 2.42. The summed E-state index contributed by atoms with van der Waals surface area (Å²) in [5.41, 5.74) is 1.54. The number of nitrogens with zero attached hydrogens (tertiary/aromatic N) is 1.